The number of H-pyrrole nitrogens is 1. The van der Waals surface area contributed by atoms with Gasteiger partial charge in [0, 0.05) is 17.7 Å². The highest BCUT2D eigenvalue weighted by atomic mass is 16.5. The number of ether oxygens (including phenoxy) is 3. The van der Waals surface area contributed by atoms with E-state index in [9.17, 15) is 15.2 Å². The Kier molecular flexibility index (Phi) is 6.35. The summed E-state index contributed by atoms with van der Waals surface area (Å²) < 4.78 is 15.4. The van der Waals surface area contributed by atoms with Gasteiger partial charge in [0.15, 0.2) is 11.6 Å². The predicted octanol–water partition coefficient (Wildman–Crippen LogP) is 3.63. The van der Waals surface area contributed by atoms with Crippen molar-refractivity contribution in [2.24, 2.45) is 0 Å². The van der Waals surface area contributed by atoms with Gasteiger partial charge in [-0.15, -0.1) is 0 Å². The third kappa shape index (κ3) is 4.59. The Morgan fingerprint density at radius 3 is 2.73 bits per heavy atom. The molecule has 0 aliphatic rings. The Morgan fingerprint density at radius 1 is 1.23 bits per heavy atom. The predicted molar refractivity (Wildman–Crippen MR) is 111 cm³/mol. The molecule has 0 amide bonds. The number of allylic oxidation sites excluding steroid dienone is 1. The van der Waals surface area contributed by atoms with E-state index in [4.69, 9.17) is 14.2 Å². The molecule has 3 aromatic rings. The Morgan fingerprint density at radius 2 is 2.03 bits per heavy atom. The number of nitrogens with one attached hydrogen (secondary N) is 1. The van der Waals surface area contributed by atoms with E-state index >= 15 is 0 Å². The molecule has 1 heterocycles. The van der Waals surface area contributed by atoms with Crippen LogP contribution in [0.1, 0.15) is 11.4 Å². The van der Waals surface area contributed by atoms with Gasteiger partial charge in [-0.3, -0.25) is 0 Å². The van der Waals surface area contributed by atoms with Crippen LogP contribution >= 0.6 is 0 Å². The molecule has 0 aliphatic carbocycles. The molecule has 0 saturated carbocycles. The summed E-state index contributed by atoms with van der Waals surface area (Å²) in [6.45, 7) is -0.469. The molecule has 0 saturated heterocycles. The van der Waals surface area contributed by atoms with E-state index in [-0.39, 0.29) is 11.4 Å². The van der Waals surface area contributed by atoms with E-state index in [1.165, 1.54) is 19.3 Å². The van der Waals surface area contributed by atoms with Gasteiger partial charge in [-0.05, 0) is 30.3 Å². The van der Waals surface area contributed by atoms with Crippen LogP contribution in [0.3, 0.4) is 0 Å². The van der Waals surface area contributed by atoms with Crippen molar-refractivity contribution < 1.29 is 24.1 Å². The molecule has 2 N–H and O–H groups in total. The van der Waals surface area contributed by atoms with Crippen LogP contribution in [0.25, 0.3) is 22.7 Å². The number of imidazole rings is 1. The maximum Gasteiger partial charge on any atom is 0.331 e. The first-order valence-corrected chi connectivity index (χ1v) is 8.90. The van der Waals surface area contributed by atoms with Crippen LogP contribution in [0.15, 0.2) is 54.3 Å². The molecule has 1 aromatic heterocycles. The molecule has 30 heavy (non-hydrogen) atoms. The molecule has 0 aliphatic heterocycles. The number of hydrogen-bond acceptors (Lipinski definition) is 7. The second-order valence-electron chi connectivity index (χ2n) is 6.08. The monoisotopic (exact) mass is 405 g/mol. The number of methoxy groups -OCH3 is 2. The summed E-state index contributed by atoms with van der Waals surface area (Å²) in [6.07, 6.45) is 2.72. The Labute approximate surface area is 172 Å². The summed E-state index contributed by atoms with van der Waals surface area (Å²) in [5.41, 5.74) is 1.93. The van der Waals surface area contributed by atoms with Gasteiger partial charge in [0.2, 0.25) is 0 Å². The van der Waals surface area contributed by atoms with Gasteiger partial charge in [-0.25, -0.2) is 9.78 Å². The number of hydrogen-bond donors (Lipinski definition) is 2. The second kappa shape index (κ2) is 9.30. The number of carbonyl (C=O) groups is 1. The highest BCUT2D eigenvalue weighted by molar-refractivity contribution is 5.88. The van der Waals surface area contributed by atoms with E-state index < -0.39 is 18.3 Å². The molecule has 8 heteroatoms. The molecule has 8 nitrogen and oxygen atoms in total. The smallest absolute Gasteiger partial charge is 0.331 e. The lowest BCUT2D eigenvalue weighted by Gasteiger charge is -2.07. The fourth-order valence-corrected chi connectivity index (χ4v) is 2.70. The minimum atomic E-state index is -0.693. The largest absolute Gasteiger partial charge is 0.507 e. The lowest BCUT2D eigenvalue weighted by atomic mass is 10.2. The van der Waals surface area contributed by atoms with Crippen molar-refractivity contribution in [2.45, 2.75) is 0 Å². The number of benzene rings is 2. The lowest BCUT2D eigenvalue weighted by Crippen LogP contribution is -2.06. The summed E-state index contributed by atoms with van der Waals surface area (Å²) >= 11 is 0. The number of rotatable bonds is 7. The number of aliphatic hydroxyl groups excluding tert-OH is 1. The van der Waals surface area contributed by atoms with Crippen LogP contribution < -0.4 is 9.47 Å². The van der Waals surface area contributed by atoms with Crippen molar-refractivity contribution in [1.29, 1.82) is 5.26 Å². The Hall–Kier alpha value is -4.25. The molecule has 0 spiro atoms. The van der Waals surface area contributed by atoms with Gasteiger partial charge in [0.25, 0.3) is 0 Å². The number of carbonyl (C=O) groups excluding carboxylic acids is 1. The van der Waals surface area contributed by atoms with Gasteiger partial charge in [0.1, 0.15) is 29.7 Å². The standard InChI is InChI=1S/C22H19N3O5/c1-28-15-9-7-14(20(11-15)29-2)8-10-21(27)30-13-19(26)16(12-23)22-24-17-5-3-4-6-18(17)25-22/h3-11,26H,13H2,1-2H3,(H,24,25)/b10-8+,19-16?. The van der Waals surface area contributed by atoms with Crippen LogP contribution in [-0.4, -0.2) is 41.9 Å². The van der Waals surface area contributed by atoms with Crippen molar-refractivity contribution in [3.05, 3.63) is 65.7 Å². The average molecular weight is 405 g/mol. The number of para-hydroxylation sites is 2. The number of aromatic nitrogens is 2. The van der Waals surface area contributed by atoms with Crippen molar-refractivity contribution in [3.63, 3.8) is 0 Å². The molecular weight excluding hydrogens is 386 g/mol. The van der Waals surface area contributed by atoms with E-state index in [0.717, 1.165) is 5.52 Å². The zero-order valence-corrected chi connectivity index (χ0v) is 16.4. The van der Waals surface area contributed by atoms with Gasteiger partial charge < -0.3 is 24.3 Å². The molecule has 0 radical (unpaired) electrons. The SMILES string of the molecule is COc1ccc(/C=C/C(=O)OCC(O)=C(C#N)c2nc3ccccc3[nH]2)c(OC)c1. The van der Waals surface area contributed by atoms with E-state index in [1.807, 2.05) is 18.2 Å². The summed E-state index contributed by atoms with van der Waals surface area (Å²) in [6, 6.07) is 14.3. The van der Waals surface area contributed by atoms with Gasteiger partial charge in [-0.2, -0.15) is 5.26 Å². The van der Waals surface area contributed by atoms with Crippen molar-refractivity contribution in [1.82, 2.24) is 9.97 Å². The van der Waals surface area contributed by atoms with E-state index in [0.29, 0.717) is 22.6 Å². The fourth-order valence-electron chi connectivity index (χ4n) is 2.70. The average Bonchev–Trinajstić information content (AvgIpc) is 3.20. The van der Waals surface area contributed by atoms with Crippen LogP contribution in [0, 0.1) is 11.3 Å². The number of aliphatic hydroxyl groups is 1. The molecule has 3 rings (SSSR count). The first-order chi connectivity index (χ1) is 14.5. The Balaban J connectivity index is 1.70. The second-order valence-corrected chi connectivity index (χ2v) is 6.08. The number of aromatic amines is 1. The topological polar surface area (TPSA) is 117 Å². The first-order valence-electron chi connectivity index (χ1n) is 8.90. The van der Waals surface area contributed by atoms with Crippen molar-refractivity contribution >= 4 is 28.7 Å². The first kappa shape index (κ1) is 20.5. The van der Waals surface area contributed by atoms with Gasteiger partial charge in [-0.1, -0.05) is 12.1 Å². The van der Waals surface area contributed by atoms with E-state index in [2.05, 4.69) is 9.97 Å². The van der Waals surface area contributed by atoms with Gasteiger partial charge >= 0.3 is 5.97 Å². The molecule has 0 atom stereocenters. The van der Waals surface area contributed by atoms with Crippen LogP contribution in [0.4, 0.5) is 0 Å². The van der Waals surface area contributed by atoms with Crippen LogP contribution in [0.5, 0.6) is 11.5 Å². The van der Waals surface area contributed by atoms with Gasteiger partial charge in [0.05, 0.1) is 25.3 Å². The molecule has 0 unspecified atom stereocenters. The van der Waals surface area contributed by atoms with Crippen molar-refractivity contribution in [2.75, 3.05) is 20.8 Å². The molecule has 0 fully saturated rings. The molecule has 2 aromatic carbocycles. The number of nitriles is 1. The van der Waals surface area contributed by atoms with E-state index in [1.54, 1.807) is 37.4 Å². The number of fused-ring (bicyclic) bond motifs is 1. The summed E-state index contributed by atoms with van der Waals surface area (Å²) in [5.74, 6) is 0.251. The molecular formula is C22H19N3O5. The third-order valence-electron chi connectivity index (χ3n) is 4.22. The number of esters is 1. The number of nitrogens with zero attached hydrogens (tertiary/aromatic N) is 2. The van der Waals surface area contributed by atoms with Crippen LogP contribution in [-0.2, 0) is 9.53 Å². The van der Waals surface area contributed by atoms with Crippen LogP contribution in [0.2, 0.25) is 0 Å². The lowest BCUT2D eigenvalue weighted by molar-refractivity contribution is -0.137. The molecule has 152 valence electrons. The zero-order chi connectivity index (χ0) is 21.5. The third-order valence-corrected chi connectivity index (χ3v) is 4.22. The normalized spacial score (nSPS) is 11.8. The highest BCUT2D eigenvalue weighted by Gasteiger charge is 2.14. The minimum Gasteiger partial charge on any atom is -0.507 e. The molecule has 0 bridgehead atoms. The fraction of sp³-hybridized carbons (Fsp3) is 0.136. The summed E-state index contributed by atoms with van der Waals surface area (Å²) in [4.78, 5) is 19.2. The Bertz CT molecular complexity index is 1140. The van der Waals surface area contributed by atoms with Crippen molar-refractivity contribution in [3.8, 4) is 17.6 Å². The zero-order valence-electron chi connectivity index (χ0n) is 16.4. The maximum atomic E-state index is 12.0. The quantitative estimate of drug-likeness (QED) is 0.267. The maximum absolute atomic E-state index is 12.0. The summed E-state index contributed by atoms with van der Waals surface area (Å²) in [5, 5.41) is 19.6. The summed E-state index contributed by atoms with van der Waals surface area (Å²) in [7, 11) is 3.05. The highest BCUT2D eigenvalue weighted by Crippen LogP contribution is 2.25. The minimum absolute atomic E-state index is 0.0974.